The van der Waals surface area contributed by atoms with Gasteiger partial charge in [0, 0.05) is 13.2 Å². The van der Waals surface area contributed by atoms with Gasteiger partial charge in [-0.3, -0.25) is 0 Å². The van der Waals surface area contributed by atoms with Gasteiger partial charge in [-0.25, -0.2) is 0 Å². The van der Waals surface area contributed by atoms with Crippen LogP contribution in [-0.4, -0.2) is 47.9 Å². The molecule has 0 bridgehead atoms. The Bertz CT molecular complexity index is 323. The molecule has 27 heavy (non-hydrogen) atoms. The molecule has 0 amide bonds. The molecule has 0 saturated carbocycles. The van der Waals surface area contributed by atoms with Crippen LogP contribution in [0.2, 0.25) is 63.5 Å². The highest BCUT2D eigenvalue weighted by Crippen LogP contribution is 2.20. The second kappa shape index (κ2) is 13.9. The topological polar surface area (TPSA) is 27.7 Å². The molecule has 2 aliphatic rings. The monoisotopic (exact) mass is 448 g/mol. The number of hydrogen-bond donors (Lipinski definition) is 0. The van der Waals surface area contributed by atoms with Crippen LogP contribution in [-0.2, 0) is 13.0 Å². The molecular formula is C20H48O3Si4. The maximum absolute atomic E-state index is 5.91. The lowest BCUT2D eigenvalue weighted by atomic mass is 10.2. The highest BCUT2D eigenvalue weighted by atomic mass is 28.4. The van der Waals surface area contributed by atoms with Crippen LogP contribution in [0.3, 0.4) is 0 Å². The van der Waals surface area contributed by atoms with Gasteiger partial charge < -0.3 is 13.0 Å². The molecular weight excluding hydrogens is 401 g/mol. The number of rotatable bonds is 9. The molecule has 2 rings (SSSR count). The van der Waals surface area contributed by atoms with E-state index in [4.69, 9.17) is 13.0 Å². The largest absolute Gasteiger partial charge is 0.456 e. The first-order chi connectivity index (χ1) is 12.7. The van der Waals surface area contributed by atoms with Crippen molar-refractivity contribution >= 4 is 34.7 Å². The van der Waals surface area contributed by atoms with Gasteiger partial charge >= 0.3 is 0 Å². The molecule has 2 heterocycles. The Labute approximate surface area is 175 Å². The number of hydrogen-bond acceptors (Lipinski definition) is 3. The van der Waals surface area contributed by atoms with Crippen molar-refractivity contribution in [3.05, 3.63) is 0 Å². The summed E-state index contributed by atoms with van der Waals surface area (Å²) in [6.45, 7) is 15.6. The molecule has 0 aliphatic carbocycles. The summed E-state index contributed by atoms with van der Waals surface area (Å²) in [6.07, 6.45) is 11.3. The zero-order chi connectivity index (χ0) is 20.2. The second-order valence-corrected chi connectivity index (χ2v) is 25.0. The van der Waals surface area contributed by atoms with Crippen molar-refractivity contribution in [1.82, 2.24) is 0 Å². The van der Waals surface area contributed by atoms with E-state index in [2.05, 4.69) is 39.3 Å². The highest BCUT2D eigenvalue weighted by Gasteiger charge is 2.24. The quantitative estimate of drug-likeness (QED) is 0.306. The number of unbranched alkanes of at least 4 members (excludes halogenated alkanes) is 3. The average molecular weight is 449 g/mol. The van der Waals surface area contributed by atoms with Gasteiger partial charge in [0.15, 0.2) is 34.7 Å². The summed E-state index contributed by atoms with van der Waals surface area (Å²) < 4.78 is 17.7. The van der Waals surface area contributed by atoms with Crippen molar-refractivity contribution in [3.63, 3.8) is 0 Å². The second-order valence-electron chi connectivity index (χ2n) is 10.3. The van der Waals surface area contributed by atoms with E-state index in [0.717, 1.165) is 13.2 Å². The molecule has 7 heteroatoms. The molecule has 2 aliphatic heterocycles. The normalized spacial score (nSPS) is 24.2. The van der Waals surface area contributed by atoms with Crippen LogP contribution in [0.4, 0.5) is 0 Å². The SMILES string of the molecule is C(CCC[SiH]1CCCCO1)CC[SiH]1CCCCO1.C[Si](C)(C)O[Si](C)(C)C. The first-order valence-corrected chi connectivity index (χ1v) is 22.6. The Balaban J connectivity index is 0.000000345. The molecule has 0 spiro atoms. The zero-order valence-electron chi connectivity index (χ0n) is 19.3. The third-order valence-corrected chi connectivity index (χ3v) is 15.5. The van der Waals surface area contributed by atoms with Crippen LogP contribution in [0.25, 0.3) is 0 Å². The van der Waals surface area contributed by atoms with Gasteiger partial charge in [-0.2, -0.15) is 0 Å². The Kier molecular flexibility index (Phi) is 13.3. The lowest BCUT2D eigenvalue weighted by molar-refractivity contribution is 0.284. The predicted molar refractivity (Wildman–Crippen MR) is 130 cm³/mol. The zero-order valence-corrected chi connectivity index (χ0v) is 23.6. The maximum Gasteiger partial charge on any atom is 0.176 e. The van der Waals surface area contributed by atoms with E-state index in [0.29, 0.717) is 0 Å². The van der Waals surface area contributed by atoms with E-state index in [9.17, 15) is 0 Å². The fourth-order valence-corrected chi connectivity index (χ4v) is 16.7. The molecule has 0 aromatic rings. The fraction of sp³-hybridized carbons (Fsp3) is 1.00. The third-order valence-electron chi connectivity index (χ3n) is 4.96. The van der Waals surface area contributed by atoms with Crippen LogP contribution >= 0.6 is 0 Å². The van der Waals surface area contributed by atoms with E-state index in [1.165, 1.54) is 75.5 Å². The van der Waals surface area contributed by atoms with Gasteiger partial charge in [-0.1, -0.05) is 38.5 Å². The summed E-state index contributed by atoms with van der Waals surface area (Å²) in [5.41, 5.74) is 0. The average Bonchev–Trinajstić information content (AvgIpc) is 2.57. The van der Waals surface area contributed by atoms with Crippen LogP contribution < -0.4 is 0 Å². The fourth-order valence-electron chi connectivity index (χ4n) is 4.09. The highest BCUT2D eigenvalue weighted by molar-refractivity contribution is 6.83. The van der Waals surface area contributed by atoms with Crippen molar-refractivity contribution in [2.24, 2.45) is 0 Å². The van der Waals surface area contributed by atoms with E-state index in [-0.39, 0.29) is 0 Å². The Morgan fingerprint density at radius 3 is 1.30 bits per heavy atom. The minimum Gasteiger partial charge on any atom is -0.456 e. The first-order valence-electron chi connectivity index (χ1n) is 11.6. The first kappa shape index (κ1) is 25.8. The minimum atomic E-state index is -1.23. The Morgan fingerprint density at radius 2 is 1.04 bits per heavy atom. The van der Waals surface area contributed by atoms with E-state index < -0.39 is 34.7 Å². The van der Waals surface area contributed by atoms with Gasteiger partial charge in [0.05, 0.1) is 0 Å². The van der Waals surface area contributed by atoms with Gasteiger partial charge in [0.25, 0.3) is 0 Å². The van der Waals surface area contributed by atoms with Gasteiger partial charge in [0.2, 0.25) is 0 Å². The van der Waals surface area contributed by atoms with Crippen molar-refractivity contribution in [3.8, 4) is 0 Å². The summed E-state index contributed by atoms with van der Waals surface area (Å²) in [5.74, 6) is 0. The lowest BCUT2D eigenvalue weighted by Gasteiger charge is -2.27. The molecule has 2 fully saturated rings. The summed E-state index contributed by atoms with van der Waals surface area (Å²) in [6, 6.07) is 5.78. The van der Waals surface area contributed by atoms with Crippen molar-refractivity contribution in [2.75, 3.05) is 13.2 Å². The Morgan fingerprint density at radius 1 is 0.630 bits per heavy atom. The molecule has 3 nitrogen and oxygen atoms in total. The molecule has 0 N–H and O–H groups in total. The molecule has 2 saturated heterocycles. The minimum absolute atomic E-state index is 0.722. The molecule has 2 atom stereocenters. The van der Waals surface area contributed by atoms with Gasteiger partial charge in [-0.05, 0) is 76.3 Å². The van der Waals surface area contributed by atoms with Crippen LogP contribution in [0.5, 0.6) is 0 Å². The third kappa shape index (κ3) is 16.3. The van der Waals surface area contributed by atoms with Crippen LogP contribution in [0, 0.1) is 0 Å². The molecule has 162 valence electrons. The summed E-state index contributed by atoms with van der Waals surface area (Å²) >= 11 is 0. The molecule has 0 aromatic heterocycles. The van der Waals surface area contributed by atoms with Crippen molar-refractivity contribution in [2.45, 2.75) is 115 Å². The van der Waals surface area contributed by atoms with E-state index in [1.807, 2.05) is 0 Å². The molecule has 2 unspecified atom stereocenters. The maximum atomic E-state index is 5.91. The Hall–Kier alpha value is 0.748. The summed E-state index contributed by atoms with van der Waals surface area (Å²) in [7, 11) is -3.90. The van der Waals surface area contributed by atoms with Crippen molar-refractivity contribution in [1.29, 1.82) is 0 Å². The predicted octanol–water partition coefficient (Wildman–Crippen LogP) is 6.29. The van der Waals surface area contributed by atoms with Crippen LogP contribution in [0.1, 0.15) is 51.4 Å². The van der Waals surface area contributed by atoms with E-state index in [1.54, 1.807) is 0 Å². The van der Waals surface area contributed by atoms with Crippen LogP contribution in [0.15, 0.2) is 0 Å². The summed E-state index contributed by atoms with van der Waals surface area (Å²) in [4.78, 5) is 0. The molecule has 0 aromatic carbocycles. The summed E-state index contributed by atoms with van der Waals surface area (Å²) in [5, 5.41) is 0. The molecule has 0 radical (unpaired) electrons. The smallest absolute Gasteiger partial charge is 0.176 e. The van der Waals surface area contributed by atoms with E-state index >= 15 is 0 Å². The van der Waals surface area contributed by atoms with Crippen molar-refractivity contribution < 1.29 is 13.0 Å². The lowest BCUT2D eigenvalue weighted by Crippen LogP contribution is -2.39. The van der Waals surface area contributed by atoms with Gasteiger partial charge in [0.1, 0.15) is 0 Å². The van der Waals surface area contributed by atoms with Gasteiger partial charge in [-0.15, -0.1) is 0 Å². The standard InChI is InChI=1S/C14H30O2Si2.C6H18OSi2/c1(5-11-17-13-7-3-9-15-17)2-6-12-18-14-8-4-10-16-18;1-8(2,3)7-9(4,5)6/h17-18H,1-14H2;1-6H3.